The van der Waals surface area contributed by atoms with E-state index in [4.69, 9.17) is 0 Å². The predicted octanol–water partition coefficient (Wildman–Crippen LogP) is 4.13. The zero-order valence-corrected chi connectivity index (χ0v) is 18.1. The van der Waals surface area contributed by atoms with Gasteiger partial charge in [-0.25, -0.2) is 0 Å². The summed E-state index contributed by atoms with van der Waals surface area (Å²) in [5.74, 6) is -0.181. The first-order valence-electron chi connectivity index (χ1n) is 8.77. The van der Waals surface area contributed by atoms with Crippen molar-refractivity contribution in [1.29, 1.82) is 0 Å². The van der Waals surface area contributed by atoms with Crippen molar-refractivity contribution in [3.63, 3.8) is 0 Å². The van der Waals surface area contributed by atoms with Gasteiger partial charge < -0.3 is 0 Å². The zero-order chi connectivity index (χ0) is 17.9. The first-order chi connectivity index (χ1) is 10.7. The second-order valence-electron chi connectivity index (χ2n) is 6.90. The summed E-state index contributed by atoms with van der Waals surface area (Å²) in [7, 11) is 0. The summed E-state index contributed by atoms with van der Waals surface area (Å²) in [4.78, 5) is 47.0. The standard InChI is InChI=1S/2C5H7O2.2C4H9.Sn/c2*1-4(6)3-5(2)7;2*1-3-4-2;/h2*1,3H2,2H3;2*1,3-4H2,2H3;. The molecule has 0 bridgehead atoms. The number of carbonyl (C=O) groups is 4. The van der Waals surface area contributed by atoms with E-state index in [1.54, 1.807) is 0 Å². The Balaban J connectivity index is 5.20. The van der Waals surface area contributed by atoms with E-state index in [2.05, 4.69) is 13.8 Å². The summed E-state index contributed by atoms with van der Waals surface area (Å²) >= 11 is -2.98. The first-order valence-corrected chi connectivity index (χ1v) is 16.8. The number of Topliss-reactive ketones (excluding diaryl/α,β-unsaturated/α-hetero) is 4. The van der Waals surface area contributed by atoms with E-state index in [0.717, 1.165) is 34.6 Å². The Labute approximate surface area is 144 Å². The van der Waals surface area contributed by atoms with Crippen molar-refractivity contribution in [1.82, 2.24) is 0 Å². The fourth-order valence-electron chi connectivity index (χ4n) is 3.16. The van der Waals surface area contributed by atoms with E-state index in [9.17, 15) is 19.2 Å². The molecule has 0 atom stereocenters. The Bertz CT molecular complexity index is 389. The van der Waals surface area contributed by atoms with Gasteiger partial charge in [0.15, 0.2) is 0 Å². The van der Waals surface area contributed by atoms with Crippen LogP contribution < -0.4 is 0 Å². The molecule has 0 spiro atoms. The van der Waals surface area contributed by atoms with Crippen LogP contribution in [0.5, 0.6) is 0 Å². The van der Waals surface area contributed by atoms with Gasteiger partial charge in [0.05, 0.1) is 0 Å². The van der Waals surface area contributed by atoms with Crippen molar-refractivity contribution in [2.75, 3.05) is 0 Å². The Morgan fingerprint density at radius 3 is 1.30 bits per heavy atom. The van der Waals surface area contributed by atoms with Crippen LogP contribution in [0.2, 0.25) is 17.7 Å². The quantitative estimate of drug-likeness (QED) is 0.307. The molecule has 0 unspecified atom stereocenters. The molecule has 0 aliphatic carbocycles. The van der Waals surface area contributed by atoms with E-state index in [0.29, 0.717) is 8.87 Å². The molecule has 0 saturated carbocycles. The van der Waals surface area contributed by atoms with Gasteiger partial charge in [-0.3, -0.25) is 0 Å². The van der Waals surface area contributed by atoms with Gasteiger partial charge in [0.1, 0.15) is 0 Å². The molecule has 132 valence electrons. The second kappa shape index (κ2) is 11.9. The van der Waals surface area contributed by atoms with Crippen molar-refractivity contribution in [3.05, 3.63) is 0 Å². The van der Waals surface area contributed by atoms with E-state index in [1.165, 1.54) is 13.8 Å². The average molecular weight is 431 g/mol. The van der Waals surface area contributed by atoms with Crippen LogP contribution in [0.3, 0.4) is 0 Å². The van der Waals surface area contributed by atoms with Crippen LogP contribution in [0.4, 0.5) is 0 Å². The molecule has 0 aliphatic rings. The number of unbranched alkanes of at least 4 members (excludes halogenated alkanes) is 2. The van der Waals surface area contributed by atoms with Gasteiger partial charge in [0.2, 0.25) is 0 Å². The van der Waals surface area contributed by atoms with Crippen LogP contribution in [0.1, 0.15) is 66.2 Å². The average Bonchev–Trinajstić information content (AvgIpc) is 2.40. The maximum atomic E-state index is 12.3. The summed E-state index contributed by atoms with van der Waals surface area (Å²) in [5.41, 5.74) is 0. The molecule has 0 fully saturated rings. The van der Waals surface area contributed by atoms with Crippen molar-refractivity contribution in [3.8, 4) is 0 Å². The molecular formula is C18H32O4Sn. The third-order valence-corrected chi connectivity index (χ3v) is 18.8. The Hall–Kier alpha value is -0.521. The van der Waals surface area contributed by atoms with E-state index in [1.807, 2.05) is 0 Å². The van der Waals surface area contributed by atoms with Crippen molar-refractivity contribution < 1.29 is 19.2 Å². The third-order valence-electron chi connectivity index (χ3n) is 4.16. The Kier molecular flexibility index (Phi) is 11.7. The van der Waals surface area contributed by atoms with Crippen LogP contribution in [-0.2, 0) is 19.2 Å². The minimum absolute atomic E-state index is 0.00216. The fraction of sp³-hybridized carbons (Fsp3) is 0.778. The Morgan fingerprint density at radius 2 is 1.04 bits per heavy atom. The van der Waals surface area contributed by atoms with E-state index >= 15 is 0 Å². The second-order valence-corrected chi connectivity index (χ2v) is 20.3. The molecule has 0 amide bonds. The predicted molar refractivity (Wildman–Crippen MR) is 95.4 cm³/mol. The van der Waals surface area contributed by atoms with E-state index in [-0.39, 0.29) is 36.0 Å². The molecule has 0 aromatic heterocycles. The molecule has 0 aliphatic heterocycles. The van der Waals surface area contributed by atoms with Crippen molar-refractivity contribution in [2.24, 2.45) is 0 Å². The molecule has 5 heteroatoms. The molecule has 0 heterocycles. The summed E-state index contributed by atoms with van der Waals surface area (Å²) < 4.78 is 2.99. The molecule has 0 N–H and O–H groups in total. The van der Waals surface area contributed by atoms with E-state index < -0.39 is 18.4 Å². The number of hydrogen-bond donors (Lipinski definition) is 0. The molecular weight excluding hydrogens is 399 g/mol. The van der Waals surface area contributed by atoms with Gasteiger partial charge in [-0.15, -0.1) is 0 Å². The number of ketones is 4. The fourth-order valence-corrected chi connectivity index (χ4v) is 18.0. The Morgan fingerprint density at radius 1 is 0.696 bits per heavy atom. The summed E-state index contributed by atoms with van der Waals surface area (Å²) in [6.45, 7) is 7.11. The molecule has 4 nitrogen and oxygen atoms in total. The third kappa shape index (κ3) is 10.8. The summed E-state index contributed by atoms with van der Waals surface area (Å²) in [5, 5.41) is 0. The van der Waals surface area contributed by atoms with Crippen LogP contribution in [0.15, 0.2) is 0 Å². The van der Waals surface area contributed by atoms with Crippen molar-refractivity contribution in [2.45, 2.75) is 84.0 Å². The number of carbonyl (C=O) groups excluding carboxylic acids is 4. The molecule has 0 aromatic carbocycles. The molecule has 0 saturated heterocycles. The minimum atomic E-state index is -2.98. The van der Waals surface area contributed by atoms with Crippen LogP contribution >= 0.6 is 0 Å². The van der Waals surface area contributed by atoms with Crippen LogP contribution in [0, 0.1) is 0 Å². The normalized spacial score (nSPS) is 11.3. The van der Waals surface area contributed by atoms with Crippen LogP contribution in [-0.4, -0.2) is 41.5 Å². The topological polar surface area (TPSA) is 68.3 Å². The van der Waals surface area contributed by atoms with Crippen molar-refractivity contribution >= 4 is 41.5 Å². The van der Waals surface area contributed by atoms with Gasteiger partial charge in [-0.2, -0.15) is 0 Å². The van der Waals surface area contributed by atoms with Gasteiger partial charge >= 0.3 is 145 Å². The van der Waals surface area contributed by atoms with Crippen LogP contribution in [0.25, 0.3) is 0 Å². The maximum absolute atomic E-state index is 12.3. The molecule has 0 aromatic rings. The van der Waals surface area contributed by atoms with Gasteiger partial charge in [0, 0.05) is 0 Å². The van der Waals surface area contributed by atoms with Gasteiger partial charge in [0.25, 0.3) is 0 Å². The van der Waals surface area contributed by atoms with Gasteiger partial charge in [-0.1, -0.05) is 0 Å². The number of rotatable bonds is 14. The SMILES string of the molecule is CCC[CH2][Sn]([CH2]CCC)([CH2]C(=O)CC(C)=O)[CH2]C(=O)CC(C)=O. The first kappa shape index (κ1) is 22.5. The molecule has 0 radical (unpaired) electrons. The molecule has 23 heavy (non-hydrogen) atoms. The van der Waals surface area contributed by atoms with Gasteiger partial charge in [-0.05, 0) is 0 Å². The molecule has 0 rings (SSSR count). The summed E-state index contributed by atoms with van der Waals surface area (Å²) in [6.07, 6.45) is 4.18. The monoisotopic (exact) mass is 432 g/mol. The summed E-state index contributed by atoms with van der Waals surface area (Å²) in [6, 6.07) is 0. The number of hydrogen-bond acceptors (Lipinski definition) is 4. The zero-order valence-electron chi connectivity index (χ0n) is 15.2.